The standard InChI is InChI=1S/C11H14N4OS/c1-6-5-7(2)15-10(12-6)13-11(14-15)17-9(4)8(3)16/h5,9H,1-4H3/t9-/m1/s1. The zero-order valence-electron chi connectivity index (χ0n) is 10.3. The number of ketones is 1. The largest absolute Gasteiger partial charge is 0.299 e. The number of Topliss-reactive ketones (excluding diaryl/α,β-unsaturated/α-hetero) is 1. The van der Waals surface area contributed by atoms with Crippen molar-refractivity contribution in [2.75, 3.05) is 0 Å². The number of carbonyl (C=O) groups is 1. The Morgan fingerprint density at radius 1 is 1.41 bits per heavy atom. The van der Waals surface area contributed by atoms with E-state index >= 15 is 0 Å². The Hall–Kier alpha value is -1.43. The average molecular weight is 250 g/mol. The molecular formula is C11H14N4OS. The van der Waals surface area contributed by atoms with Crippen LogP contribution in [0.5, 0.6) is 0 Å². The van der Waals surface area contributed by atoms with Gasteiger partial charge >= 0.3 is 0 Å². The fourth-order valence-corrected chi connectivity index (χ4v) is 2.18. The van der Waals surface area contributed by atoms with E-state index in [1.165, 1.54) is 11.8 Å². The molecule has 0 aliphatic carbocycles. The number of thioether (sulfide) groups is 1. The number of rotatable bonds is 3. The molecule has 0 fully saturated rings. The molecule has 0 aliphatic heterocycles. The summed E-state index contributed by atoms with van der Waals surface area (Å²) in [5.74, 6) is 0.704. The van der Waals surface area contributed by atoms with E-state index in [0.717, 1.165) is 11.4 Å². The van der Waals surface area contributed by atoms with E-state index in [-0.39, 0.29) is 11.0 Å². The molecule has 0 bridgehead atoms. The summed E-state index contributed by atoms with van der Waals surface area (Å²) in [4.78, 5) is 19.8. The van der Waals surface area contributed by atoms with E-state index in [9.17, 15) is 4.79 Å². The third-order valence-corrected chi connectivity index (χ3v) is 3.52. The van der Waals surface area contributed by atoms with Crippen LogP contribution in [-0.4, -0.2) is 30.6 Å². The van der Waals surface area contributed by atoms with Crippen LogP contribution in [0, 0.1) is 13.8 Å². The maximum Gasteiger partial charge on any atom is 0.253 e. The first-order valence-electron chi connectivity index (χ1n) is 5.35. The van der Waals surface area contributed by atoms with Crippen molar-refractivity contribution in [2.24, 2.45) is 0 Å². The lowest BCUT2D eigenvalue weighted by molar-refractivity contribution is -0.116. The predicted molar refractivity (Wildman–Crippen MR) is 66.3 cm³/mol. The molecule has 0 N–H and O–H groups in total. The van der Waals surface area contributed by atoms with Crippen molar-refractivity contribution >= 4 is 23.3 Å². The van der Waals surface area contributed by atoms with E-state index in [4.69, 9.17) is 0 Å². The van der Waals surface area contributed by atoms with Gasteiger partial charge in [-0.1, -0.05) is 11.8 Å². The molecule has 17 heavy (non-hydrogen) atoms. The molecule has 2 heterocycles. The topological polar surface area (TPSA) is 60.2 Å². The summed E-state index contributed by atoms with van der Waals surface area (Å²) >= 11 is 1.36. The highest BCUT2D eigenvalue weighted by atomic mass is 32.2. The van der Waals surface area contributed by atoms with Crippen LogP contribution < -0.4 is 0 Å². The number of carbonyl (C=O) groups excluding carboxylic acids is 1. The second kappa shape index (κ2) is 4.44. The molecule has 0 spiro atoms. The molecule has 2 aromatic rings. The third-order valence-electron chi connectivity index (χ3n) is 2.45. The normalized spacial score (nSPS) is 12.9. The van der Waals surface area contributed by atoms with Crippen molar-refractivity contribution in [2.45, 2.75) is 38.1 Å². The van der Waals surface area contributed by atoms with Crippen LogP contribution in [0.1, 0.15) is 25.2 Å². The fraction of sp³-hybridized carbons (Fsp3) is 0.455. The van der Waals surface area contributed by atoms with Crippen LogP contribution in [0.15, 0.2) is 11.2 Å². The first kappa shape index (κ1) is 12.0. The van der Waals surface area contributed by atoms with E-state index in [0.29, 0.717) is 10.9 Å². The molecule has 0 saturated carbocycles. The second-order valence-electron chi connectivity index (χ2n) is 4.02. The van der Waals surface area contributed by atoms with Gasteiger partial charge in [0.25, 0.3) is 5.78 Å². The summed E-state index contributed by atoms with van der Waals surface area (Å²) in [6, 6.07) is 1.95. The number of aromatic nitrogens is 4. The van der Waals surface area contributed by atoms with Gasteiger partial charge in [0.15, 0.2) is 0 Å². The molecule has 2 aromatic heterocycles. The Bertz CT molecular complexity index is 578. The molecule has 0 unspecified atom stereocenters. The Morgan fingerprint density at radius 2 is 2.12 bits per heavy atom. The van der Waals surface area contributed by atoms with Crippen molar-refractivity contribution in [1.82, 2.24) is 19.6 Å². The first-order chi connectivity index (χ1) is 7.97. The molecule has 0 aromatic carbocycles. The van der Waals surface area contributed by atoms with E-state index in [1.807, 2.05) is 26.8 Å². The van der Waals surface area contributed by atoms with E-state index < -0.39 is 0 Å². The molecule has 6 heteroatoms. The van der Waals surface area contributed by atoms with Gasteiger partial charge in [0.2, 0.25) is 5.16 Å². The molecule has 0 radical (unpaired) electrons. The molecule has 0 aliphatic rings. The van der Waals surface area contributed by atoms with Crippen LogP contribution in [0.2, 0.25) is 0 Å². The molecule has 5 nitrogen and oxygen atoms in total. The maximum atomic E-state index is 11.2. The van der Waals surface area contributed by atoms with Gasteiger partial charge in [-0.15, -0.1) is 5.10 Å². The summed E-state index contributed by atoms with van der Waals surface area (Å²) < 4.78 is 1.70. The molecule has 0 saturated heterocycles. The van der Waals surface area contributed by atoms with Crippen molar-refractivity contribution < 1.29 is 4.79 Å². The van der Waals surface area contributed by atoms with Gasteiger partial charge in [0.1, 0.15) is 5.78 Å². The highest BCUT2D eigenvalue weighted by Gasteiger charge is 2.14. The lowest BCUT2D eigenvalue weighted by atomic mass is 10.3. The van der Waals surface area contributed by atoms with Gasteiger partial charge in [-0.2, -0.15) is 4.98 Å². The Morgan fingerprint density at radius 3 is 2.76 bits per heavy atom. The van der Waals surface area contributed by atoms with Gasteiger partial charge in [0, 0.05) is 11.4 Å². The van der Waals surface area contributed by atoms with Crippen LogP contribution in [0.3, 0.4) is 0 Å². The lowest BCUT2D eigenvalue weighted by Gasteiger charge is -2.01. The Kier molecular flexibility index (Phi) is 3.15. The third kappa shape index (κ3) is 2.46. The molecule has 90 valence electrons. The van der Waals surface area contributed by atoms with Crippen LogP contribution in [0.4, 0.5) is 0 Å². The van der Waals surface area contributed by atoms with Crippen molar-refractivity contribution in [3.05, 3.63) is 17.5 Å². The van der Waals surface area contributed by atoms with Crippen molar-refractivity contribution in [1.29, 1.82) is 0 Å². The van der Waals surface area contributed by atoms with Gasteiger partial charge in [-0.25, -0.2) is 9.50 Å². The van der Waals surface area contributed by atoms with Crippen LogP contribution in [0.25, 0.3) is 5.78 Å². The molecule has 1 atom stereocenters. The number of nitrogens with zero attached hydrogens (tertiary/aromatic N) is 4. The van der Waals surface area contributed by atoms with Crippen molar-refractivity contribution in [3.63, 3.8) is 0 Å². The summed E-state index contributed by atoms with van der Waals surface area (Å²) in [6.45, 7) is 7.30. The highest BCUT2D eigenvalue weighted by molar-refractivity contribution is 8.00. The van der Waals surface area contributed by atoms with Gasteiger partial charge < -0.3 is 0 Å². The van der Waals surface area contributed by atoms with Crippen LogP contribution in [-0.2, 0) is 4.79 Å². The van der Waals surface area contributed by atoms with E-state index in [2.05, 4.69) is 15.1 Å². The minimum Gasteiger partial charge on any atom is -0.299 e. The highest BCUT2D eigenvalue weighted by Crippen LogP contribution is 2.20. The van der Waals surface area contributed by atoms with E-state index in [1.54, 1.807) is 11.4 Å². The first-order valence-corrected chi connectivity index (χ1v) is 6.23. The summed E-state index contributed by atoms with van der Waals surface area (Å²) in [6.07, 6.45) is 0. The molecule has 0 amide bonds. The SMILES string of the molecule is CC(=O)[C@@H](C)Sc1nc2nc(C)cc(C)n2n1. The second-order valence-corrected chi connectivity index (χ2v) is 5.32. The van der Waals surface area contributed by atoms with Crippen LogP contribution >= 0.6 is 11.8 Å². The number of hydrogen-bond donors (Lipinski definition) is 0. The zero-order chi connectivity index (χ0) is 12.6. The minimum atomic E-state index is -0.131. The predicted octanol–water partition coefficient (Wildman–Crippen LogP) is 1.81. The van der Waals surface area contributed by atoms with Gasteiger partial charge in [0.05, 0.1) is 5.25 Å². The van der Waals surface area contributed by atoms with Gasteiger partial charge in [-0.05, 0) is 33.8 Å². The summed E-state index contributed by atoms with van der Waals surface area (Å²) in [7, 11) is 0. The average Bonchev–Trinajstić information content (AvgIpc) is 2.60. The smallest absolute Gasteiger partial charge is 0.253 e. The number of fused-ring (bicyclic) bond motifs is 1. The Labute approximate surface area is 104 Å². The maximum absolute atomic E-state index is 11.2. The summed E-state index contributed by atoms with van der Waals surface area (Å²) in [5, 5.41) is 4.79. The van der Waals surface area contributed by atoms with Crippen molar-refractivity contribution in [3.8, 4) is 0 Å². The minimum absolute atomic E-state index is 0.120. The number of aryl methyl sites for hydroxylation is 2. The monoisotopic (exact) mass is 250 g/mol. The number of hydrogen-bond acceptors (Lipinski definition) is 5. The lowest BCUT2D eigenvalue weighted by Crippen LogP contribution is -2.08. The Balaban J connectivity index is 2.38. The molecule has 2 rings (SSSR count). The van der Waals surface area contributed by atoms with Gasteiger partial charge in [-0.3, -0.25) is 4.79 Å². The fourth-order valence-electron chi connectivity index (χ4n) is 1.44. The zero-order valence-corrected chi connectivity index (χ0v) is 11.1. The quantitative estimate of drug-likeness (QED) is 0.777. The summed E-state index contributed by atoms with van der Waals surface area (Å²) in [5.41, 5.74) is 1.90. The molecular weight excluding hydrogens is 236 g/mol.